The Morgan fingerprint density at radius 1 is 1.00 bits per heavy atom. The quantitative estimate of drug-likeness (QED) is 0.575. The summed E-state index contributed by atoms with van der Waals surface area (Å²) in [5.41, 5.74) is 6.59. The Kier molecular flexibility index (Phi) is 3.64. The van der Waals surface area contributed by atoms with Crippen molar-refractivity contribution in [2.45, 2.75) is 33.7 Å². The lowest BCUT2D eigenvalue weighted by Gasteiger charge is -2.10. The van der Waals surface area contributed by atoms with Gasteiger partial charge in [-0.1, -0.05) is 24.3 Å². The number of nitrogens with zero attached hydrogens (tertiary/aromatic N) is 4. The molecule has 4 aromatic rings. The predicted octanol–water partition coefficient (Wildman–Crippen LogP) is 3.48. The standard InChI is InChI=1S/C20H20N4O/c1-13-9-19-18(7-8-20-22-21-15(3)24(19)20)23(13)12-17-6-4-5-16(11-17)10-14(2)25/h4-9,11H,10,12H2,1-3H3. The lowest BCUT2D eigenvalue weighted by atomic mass is 10.1. The molecule has 0 fully saturated rings. The highest BCUT2D eigenvalue weighted by Gasteiger charge is 2.12. The molecule has 3 aromatic heterocycles. The van der Waals surface area contributed by atoms with Gasteiger partial charge in [0.25, 0.3) is 0 Å². The van der Waals surface area contributed by atoms with Crippen LogP contribution in [0.2, 0.25) is 0 Å². The number of fused-ring (bicyclic) bond motifs is 3. The third-order valence-electron chi connectivity index (χ3n) is 4.59. The van der Waals surface area contributed by atoms with Gasteiger partial charge in [-0.15, -0.1) is 10.2 Å². The van der Waals surface area contributed by atoms with Crippen LogP contribution < -0.4 is 0 Å². The average Bonchev–Trinajstić information content (AvgIpc) is 3.08. The number of benzene rings is 1. The van der Waals surface area contributed by atoms with Gasteiger partial charge < -0.3 is 4.57 Å². The van der Waals surface area contributed by atoms with E-state index in [9.17, 15) is 4.79 Å². The minimum absolute atomic E-state index is 0.185. The van der Waals surface area contributed by atoms with Gasteiger partial charge in [0.15, 0.2) is 5.65 Å². The van der Waals surface area contributed by atoms with Crippen molar-refractivity contribution in [1.29, 1.82) is 0 Å². The largest absolute Gasteiger partial charge is 0.339 e. The molecule has 3 heterocycles. The Morgan fingerprint density at radius 2 is 1.80 bits per heavy atom. The van der Waals surface area contributed by atoms with Crippen LogP contribution in [0.3, 0.4) is 0 Å². The van der Waals surface area contributed by atoms with Gasteiger partial charge in [0.05, 0.1) is 11.0 Å². The van der Waals surface area contributed by atoms with E-state index < -0.39 is 0 Å². The van der Waals surface area contributed by atoms with Crippen molar-refractivity contribution in [3.63, 3.8) is 0 Å². The van der Waals surface area contributed by atoms with Crippen molar-refractivity contribution in [3.8, 4) is 0 Å². The first-order chi connectivity index (χ1) is 12.0. The molecule has 1 aromatic carbocycles. The van der Waals surface area contributed by atoms with Gasteiger partial charge in [0.1, 0.15) is 11.6 Å². The molecule has 0 radical (unpaired) electrons. The molecule has 0 aliphatic carbocycles. The molecule has 0 unspecified atom stereocenters. The summed E-state index contributed by atoms with van der Waals surface area (Å²) in [5, 5.41) is 8.38. The molecule has 0 atom stereocenters. The van der Waals surface area contributed by atoms with Crippen molar-refractivity contribution < 1.29 is 4.79 Å². The van der Waals surface area contributed by atoms with Crippen LogP contribution in [0.4, 0.5) is 0 Å². The van der Waals surface area contributed by atoms with Gasteiger partial charge in [-0.25, -0.2) is 0 Å². The summed E-state index contributed by atoms with van der Waals surface area (Å²) in [7, 11) is 0. The van der Waals surface area contributed by atoms with Gasteiger partial charge in [-0.3, -0.25) is 9.20 Å². The third-order valence-corrected chi connectivity index (χ3v) is 4.59. The van der Waals surface area contributed by atoms with E-state index in [1.165, 1.54) is 11.3 Å². The Morgan fingerprint density at radius 3 is 2.60 bits per heavy atom. The molecule has 0 amide bonds. The summed E-state index contributed by atoms with van der Waals surface area (Å²) >= 11 is 0. The molecule has 0 N–H and O–H groups in total. The van der Waals surface area contributed by atoms with Gasteiger partial charge in [0, 0.05) is 18.7 Å². The number of hydrogen-bond donors (Lipinski definition) is 0. The molecule has 0 bridgehead atoms. The van der Waals surface area contributed by atoms with Crippen molar-refractivity contribution >= 4 is 22.5 Å². The van der Waals surface area contributed by atoms with E-state index in [1.54, 1.807) is 6.92 Å². The monoisotopic (exact) mass is 332 g/mol. The fraction of sp³-hybridized carbons (Fsp3) is 0.250. The van der Waals surface area contributed by atoms with Crippen LogP contribution in [0.25, 0.3) is 16.7 Å². The molecule has 5 nitrogen and oxygen atoms in total. The van der Waals surface area contributed by atoms with E-state index in [2.05, 4.69) is 50.4 Å². The smallest absolute Gasteiger partial charge is 0.161 e. The molecule has 5 heteroatoms. The number of rotatable bonds is 4. The molecule has 0 spiro atoms. The lowest BCUT2D eigenvalue weighted by Crippen LogP contribution is -2.03. The summed E-state index contributed by atoms with van der Waals surface area (Å²) in [6, 6.07) is 14.5. The van der Waals surface area contributed by atoms with Crippen molar-refractivity contribution in [3.05, 3.63) is 65.1 Å². The third kappa shape index (κ3) is 2.71. The molecule has 0 aliphatic heterocycles. The number of aromatic nitrogens is 4. The number of hydrogen-bond acceptors (Lipinski definition) is 3. The molecule has 126 valence electrons. The van der Waals surface area contributed by atoms with E-state index in [4.69, 9.17) is 0 Å². The van der Waals surface area contributed by atoms with Crippen molar-refractivity contribution in [2.24, 2.45) is 0 Å². The highest BCUT2D eigenvalue weighted by Crippen LogP contribution is 2.23. The normalized spacial score (nSPS) is 11.5. The highest BCUT2D eigenvalue weighted by atomic mass is 16.1. The maximum absolute atomic E-state index is 11.4. The maximum atomic E-state index is 11.4. The first kappa shape index (κ1) is 15.6. The fourth-order valence-electron chi connectivity index (χ4n) is 3.49. The molecular weight excluding hydrogens is 312 g/mol. The number of carbonyl (C=O) groups excluding carboxylic acids is 1. The van der Waals surface area contributed by atoms with Crippen LogP contribution in [0.15, 0.2) is 42.5 Å². The van der Waals surface area contributed by atoms with Gasteiger partial charge in [-0.2, -0.15) is 0 Å². The summed E-state index contributed by atoms with van der Waals surface area (Å²) in [6.07, 6.45) is 0.486. The minimum Gasteiger partial charge on any atom is -0.339 e. The SMILES string of the molecule is CC(=O)Cc1cccc(Cn2c(C)cc3c2ccc2nnc(C)n23)c1. The average molecular weight is 332 g/mol. The summed E-state index contributed by atoms with van der Waals surface area (Å²) in [5.74, 6) is 1.08. The lowest BCUT2D eigenvalue weighted by molar-refractivity contribution is -0.116. The zero-order chi connectivity index (χ0) is 17.6. The molecule has 0 aliphatic rings. The van der Waals surface area contributed by atoms with E-state index in [1.807, 2.05) is 25.1 Å². The first-order valence-electron chi connectivity index (χ1n) is 8.41. The second-order valence-corrected chi connectivity index (χ2v) is 6.62. The van der Waals surface area contributed by atoms with Crippen LogP contribution in [0.1, 0.15) is 29.6 Å². The van der Waals surface area contributed by atoms with Crippen LogP contribution in [-0.2, 0) is 17.8 Å². The second kappa shape index (κ2) is 5.84. The van der Waals surface area contributed by atoms with Crippen LogP contribution in [-0.4, -0.2) is 24.9 Å². The number of carbonyl (C=O) groups is 1. The van der Waals surface area contributed by atoms with Gasteiger partial charge >= 0.3 is 0 Å². The van der Waals surface area contributed by atoms with E-state index >= 15 is 0 Å². The van der Waals surface area contributed by atoms with E-state index in [-0.39, 0.29) is 5.78 Å². The van der Waals surface area contributed by atoms with Gasteiger partial charge in [0.2, 0.25) is 0 Å². The molecule has 25 heavy (non-hydrogen) atoms. The zero-order valence-corrected chi connectivity index (χ0v) is 14.7. The Bertz CT molecular complexity index is 1100. The van der Waals surface area contributed by atoms with Crippen LogP contribution >= 0.6 is 0 Å². The molecule has 0 saturated carbocycles. The van der Waals surface area contributed by atoms with E-state index in [0.29, 0.717) is 6.42 Å². The van der Waals surface area contributed by atoms with Crippen LogP contribution in [0, 0.1) is 13.8 Å². The topological polar surface area (TPSA) is 52.2 Å². The first-order valence-corrected chi connectivity index (χ1v) is 8.41. The minimum atomic E-state index is 0.185. The fourth-order valence-corrected chi connectivity index (χ4v) is 3.49. The summed E-state index contributed by atoms with van der Waals surface area (Å²) in [6.45, 7) is 6.49. The highest BCUT2D eigenvalue weighted by molar-refractivity contribution is 5.81. The second-order valence-electron chi connectivity index (χ2n) is 6.62. The van der Waals surface area contributed by atoms with Crippen molar-refractivity contribution in [2.75, 3.05) is 0 Å². The number of Topliss-reactive ketones (excluding diaryl/α,β-unsaturated/α-hetero) is 1. The number of pyridine rings is 1. The summed E-state index contributed by atoms with van der Waals surface area (Å²) in [4.78, 5) is 11.4. The van der Waals surface area contributed by atoms with E-state index in [0.717, 1.165) is 34.6 Å². The van der Waals surface area contributed by atoms with Crippen molar-refractivity contribution in [1.82, 2.24) is 19.2 Å². The molecular formula is C20H20N4O. The predicted molar refractivity (Wildman–Crippen MR) is 97.9 cm³/mol. The number of aryl methyl sites for hydroxylation is 2. The Hall–Kier alpha value is -2.95. The summed E-state index contributed by atoms with van der Waals surface area (Å²) < 4.78 is 4.38. The Balaban J connectivity index is 1.79. The van der Waals surface area contributed by atoms with Crippen LogP contribution in [0.5, 0.6) is 0 Å². The maximum Gasteiger partial charge on any atom is 0.161 e. The Labute approximate surface area is 145 Å². The molecule has 0 saturated heterocycles. The zero-order valence-electron chi connectivity index (χ0n) is 14.7. The number of ketones is 1. The molecule has 4 rings (SSSR count). The van der Waals surface area contributed by atoms with Gasteiger partial charge in [-0.05, 0) is 50.1 Å².